The van der Waals surface area contributed by atoms with Crippen LogP contribution in [-0.4, -0.2) is 59.6 Å². The van der Waals surface area contributed by atoms with Crippen LogP contribution in [0.4, 0.5) is 5.69 Å². The standard InChI is InChI=1S/C29H37N3O5/c1-36-21-14-12-19(13-15-21)30-26(33)23-22-16-17-29(37-22)24(23)28(35)32(20-10-6-3-7-11-20)25(29)27(34)31-18-8-4-2-5-9-18/h12-18,20,22-25H,2-11H2,1H3,(H,30,33)(H,31,34). The molecule has 1 aromatic carbocycles. The summed E-state index contributed by atoms with van der Waals surface area (Å²) in [4.78, 5) is 43.5. The van der Waals surface area contributed by atoms with Gasteiger partial charge in [0, 0.05) is 17.8 Å². The largest absolute Gasteiger partial charge is 0.497 e. The molecule has 3 amide bonds. The maximum atomic E-state index is 14.2. The molecule has 5 unspecified atom stereocenters. The predicted molar refractivity (Wildman–Crippen MR) is 138 cm³/mol. The molecule has 6 rings (SSSR count). The second-order valence-corrected chi connectivity index (χ2v) is 11.3. The SMILES string of the molecule is COc1ccc(NC(=O)C2C3C=CC4(O3)C2C(=O)N(C2CCCCC2)C4C(=O)NC2CCCCC2)cc1. The highest BCUT2D eigenvalue weighted by molar-refractivity contribution is 6.03. The van der Waals surface area contributed by atoms with Crippen LogP contribution in [0.15, 0.2) is 36.4 Å². The zero-order chi connectivity index (χ0) is 25.6. The van der Waals surface area contributed by atoms with Gasteiger partial charge in [0.25, 0.3) is 0 Å². The highest BCUT2D eigenvalue weighted by Gasteiger charge is 2.73. The lowest BCUT2D eigenvalue weighted by Crippen LogP contribution is -2.58. The Hall–Kier alpha value is -2.87. The van der Waals surface area contributed by atoms with Gasteiger partial charge in [-0.1, -0.05) is 50.7 Å². The summed E-state index contributed by atoms with van der Waals surface area (Å²) >= 11 is 0. The average Bonchev–Trinajstić information content (AvgIpc) is 3.57. The van der Waals surface area contributed by atoms with Crippen LogP contribution in [0, 0.1) is 11.8 Å². The fraction of sp³-hybridized carbons (Fsp3) is 0.621. The molecule has 2 N–H and O–H groups in total. The molecule has 2 bridgehead atoms. The maximum absolute atomic E-state index is 14.2. The first-order chi connectivity index (χ1) is 18.0. The van der Waals surface area contributed by atoms with Gasteiger partial charge in [0.2, 0.25) is 17.7 Å². The third-order valence-corrected chi connectivity index (χ3v) is 9.14. The Labute approximate surface area is 218 Å². The summed E-state index contributed by atoms with van der Waals surface area (Å²) in [5.74, 6) is -1.18. The molecule has 37 heavy (non-hydrogen) atoms. The number of anilines is 1. The monoisotopic (exact) mass is 507 g/mol. The second-order valence-electron chi connectivity index (χ2n) is 11.3. The van der Waals surface area contributed by atoms with Crippen LogP contribution in [0.1, 0.15) is 64.2 Å². The molecule has 3 heterocycles. The zero-order valence-electron chi connectivity index (χ0n) is 21.5. The van der Waals surface area contributed by atoms with Gasteiger partial charge in [-0.2, -0.15) is 0 Å². The van der Waals surface area contributed by atoms with E-state index in [4.69, 9.17) is 9.47 Å². The van der Waals surface area contributed by atoms with Crippen molar-refractivity contribution < 1.29 is 23.9 Å². The Bertz CT molecular complexity index is 1080. The summed E-state index contributed by atoms with van der Waals surface area (Å²) in [6, 6.07) is 6.52. The Morgan fingerprint density at radius 1 is 0.973 bits per heavy atom. The molecule has 4 fully saturated rings. The van der Waals surface area contributed by atoms with E-state index in [0.29, 0.717) is 11.4 Å². The van der Waals surface area contributed by atoms with E-state index in [-0.39, 0.29) is 29.8 Å². The van der Waals surface area contributed by atoms with Gasteiger partial charge in [-0.05, 0) is 49.9 Å². The van der Waals surface area contributed by atoms with Gasteiger partial charge in [0.1, 0.15) is 17.4 Å². The van der Waals surface area contributed by atoms with Crippen LogP contribution in [-0.2, 0) is 19.1 Å². The van der Waals surface area contributed by atoms with Crippen molar-refractivity contribution in [1.82, 2.24) is 10.2 Å². The van der Waals surface area contributed by atoms with Gasteiger partial charge in [0.15, 0.2) is 0 Å². The number of hydrogen-bond donors (Lipinski definition) is 2. The Balaban J connectivity index is 1.30. The highest BCUT2D eigenvalue weighted by atomic mass is 16.5. The highest BCUT2D eigenvalue weighted by Crippen LogP contribution is 2.56. The van der Waals surface area contributed by atoms with E-state index in [9.17, 15) is 14.4 Å². The fourth-order valence-electron chi connectivity index (χ4n) is 7.39. The average molecular weight is 508 g/mol. The molecule has 2 saturated heterocycles. The van der Waals surface area contributed by atoms with E-state index in [2.05, 4.69) is 10.6 Å². The lowest BCUT2D eigenvalue weighted by atomic mass is 9.74. The van der Waals surface area contributed by atoms with E-state index < -0.39 is 29.6 Å². The summed E-state index contributed by atoms with van der Waals surface area (Å²) < 4.78 is 11.7. The Morgan fingerprint density at radius 2 is 1.65 bits per heavy atom. The third-order valence-electron chi connectivity index (χ3n) is 9.14. The minimum atomic E-state index is -1.10. The van der Waals surface area contributed by atoms with Crippen LogP contribution < -0.4 is 15.4 Å². The molecule has 2 saturated carbocycles. The molecule has 8 nitrogen and oxygen atoms in total. The lowest BCUT2D eigenvalue weighted by molar-refractivity contribution is -0.144. The second kappa shape index (κ2) is 9.78. The molecule has 2 aliphatic carbocycles. The van der Waals surface area contributed by atoms with Crippen molar-refractivity contribution in [2.24, 2.45) is 11.8 Å². The van der Waals surface area contributed by atoms with Crippen molar-refractivity contribution in [1.29, 1.82) is 0 Å². The van der Waals surface area contributed by atoms with Crippen LogP contribution >= 0.6 is 0 Å². The first kappa shape index (κ1) is 24.5. The lowest BCUT2D eigenvalue weighted by Gasteiger charge is -2.39. The normalized spacial score (nSPS) is 33.4. The molecule has 5 atom stereocenters. The molecular formula is C29H37N3O5. The van der Waals surface area contributed by atoms with Crippen molar-refractivity contribution in [3.63, 3.8) is 0 Å². The van der Waals surface area contributed by atoms with Crippen LogP contribution in [0.5, 0.6) is 5.75 Å². The van der Waals surface area contributed by atoms with Crippen molar-refractivity contribution in [2.75, 3.05) is 12.4 Å². The maximum Gasteiger partial charge on any atom is 0.246 e. The van der Waals surface area contributed by atoms with Crippen LogP contribution in [0.25, 0.3) is 0 Å². The number of nitrogens with zero attached hydrogens (tertiary/aromatic N) is 1. The molecule has 3 aliphatic heterocycles. The van der Waals surface area contributed by atoms with Crippen molar-refractivity contribution in [3.8, 4) is 5.75 Å². The summed E-state index contributed by atoms with van der Waals surface area (Å²) in [6.07, 6.45) is 13.6. The smallest absolute Gasteiger partial charge is 0.246 e. The predicted octanol–water partition coefficient (Wildman–Crippen LogP) is 3.57. The van der Waals surface area contributed by atoms with E-state index in [1.807, 2.05) is 17.1 Å². The van der Waals surface area contributed by atoms with Crippen LogP contribution in [0.3, 0.4) is 0 Å². The molecule has 0 radical (unpaired) electrons. The third kappa shape index (κ3) is 4.13. The van der Waals surface area contributed by atoms with E-state index in [0.717, 1.165) is 57.8 Å². The van der Waals surface area contributed by atoms with Crippen LogP contribution in [0.2, 0.25) is 0 Å². The van der Waals surface area contributed by atoms with E-state index in [1.54, 1.807) is 31.4 Å². The number of fused-ring (bicyclic) bond motifs is 1. The van der Waals surface area contributed by atoms with Gasteiger partial charge in [-0.25, -0.2) is 0 Å². The minimum Gasteiger partial charge on any atom is -0.497 e. The van der Waals surface area contributed by atoms with Crippen molar-refractivity contribution in [2.45, 2.75) is 94.0 Å². The summed E-state index contributed by atoms with van der Waals surface area (Å²) in [7, 11) is 1.59. The number of likely N-dealkylation sites (tertiary alicyclic amines) is 1. The summed E-state index contributed by atoms with van der Waals surface area (Å²) in [6.45, 7) is 0. The number of rotatable bonds is 6. The number of nitrogens with one attached hydrogen (secondary N) is 2. The number of carbonyl (C=O) groups is 3. The molecular weight excluding hydrogens is 470 g/mol. The molecule has 0 aromatic heterocycles. The fourth-order valence-corrected chi connectivity index (χ4v) is 7.39. The zero-order valence-corrected chi connectivity index (χ0v) is 21.5. The molecule has 1 spiro atoms. The van der Waals surface area contributed by atoms with Gasteiger partial charge in [-0.15, -0.1) is 0 Å². The number of hydrogen-bond acceptors (Lipinski definition) is 5. The van der Waals surface area contributed by atoms with Gasteiger partial charge in [-0.3, -0.25) is 14.4 Å². The van der Waals surface area contributed by atoms with Gasteiger partial charge in [0.05, 0.1) is 25.0 Å². The van der Waals surface area contributed by atoms with Crippen molar-refractivity contribution in [3.05, 3.63) is 36.4 Å². The van der Waals surface area contributed by atoms with Crippen molar-refractivity contribution >= 4 is 23.4 Å². The first-order valence-electron chi connectivity index (χ1n) is 14.0. The quantitative estimate of drug-likeness (QED) is 0.574. The Morgan fingerprint density at radius 3 is 2.32 bits per heavy atom. The number of amides is 3. The van der Waals surface area contributed by atoms with E-state index in [1.165, 1.54) is 6.42 Å². The molecule has 198 valence electrons. The number of carbonyl (C=O) groups excluding carboxylic acids is 3. The topological polar surface area (TPSA) is 97.0 Å². The van der Waals surface area contributed by atoms with E-state index >= 15 is 0 Å². The molecule has 5 aliphatic rings. The van der Waals surface area contributed by atoms with Gasteiger partial charge >= 0.3 is 0 Å². The Kier molecular flexibility index (Phi) is 6.47. The van der Waals surface area contributed by atoms with Gasteiger partial charge < -0.3 is 25.0 Å². The summed E-state index contributed by atoms with van der Waals surface area (Å²) in [5, 5.41) is 6.25. The number of benzene rings is 1. The minimum absolute atomic E-state index is 0.00433. The number of ether oxygens (including phenoxy) is 2. The first-order valence-corrected chi connectivity index (χ1v) is 14.0. The molecule has 1 aromatic rings. The number of methoxy groups -OCH3 is 1. The summed E-state index contributed by atoms with van der Waals surface area (Å²) in [5.41, 5.74) is -0.465. The molecule has 8 heteroatoms.